The maximum absolute atomic E-state index is 13.7. The fourth-order valence-electron chi connectivity index (χ4n) is 4.01. The van der Waals surface area contributed by atoms with Crippen LogP contribution >= 0.6 is 11.3 Å². The molecule has 8 heteroatoms. The van der Waals surface area contributed by atoms with Crippen LogP contribution < -0.4 is 10.6 Å². The van der Waals surface area contributed by atoms with E-state index in [4.69, 9.17) is 0 Å². The van der Waals surface area contributed by atoms with Crippen LogP contribution in [-0.4, -0.2) is 40.2 Å². The number of carbonyl (C=O) groups excluding carboxylic acids is 3. The Bertz CT molecular complexity index is 1190. The number of thiazole rings is 1. The Balaban J connectivity index is 1.51. The van der Waals surface area contributed by atoms with E-state index < -0.39 is 17.5 Å². The van der Waals surface area contributed by atoms with Crippen molar-refractivity contribution in [1.82, 2.24) is 15.2 Å². The molecule has 0 bridgehead atoms. The number of aromatic nitrogens is 1. The van der Waals surface area contributed by atoms with Gasteiger partial charge in [-0.2, -0.15) is 0 Å². The summed E-state index contributed by atoms with van der Waals surface area (Å²) in [7, 11) is 0. The summed E-state index contributed by atoms with van der Waals surface area (Å²) in [6.45, 7) is 5.87. The van der Waals surface area contributed by atoms with Crippen LogP contribution in [0.5, 0.6) is 0 Å². The fraction of sp³-hybridized carbons (Fsp3) is 0.333. The third-order valence-electron chi connectivity index (χ3n) is 5.98. The number of amides is 3. The molecule has 1 saturated heterocycles. The quantitative estimate of drug-likeness (QED) is 0.527. The number of rotatable bonds is 6. The van der Waals surface area contributed by atoms with Crippen molar-refractivity contribution in [1.29, 1.82) is 0 Å². The average Bonchev–Trinajstić information content (AvgIpc) is 3.52. The van der Waals surface area contributed by atoms with Crippen molar-refractivity contribution in [2.24, 2.45) is 5.41 Å². The van der Waals surface area contributed by atoms with Gasteiger partial charge in [0, 0.05) is 22.9 Å². The number of hydrogen-bond acceptors (Lipinski definition) is 5. The first kappa shape index (κ1) is 24.6. The first-order chi connectivity index (χ1) is 16.7. The molecule has 1 aliphatic rings. The third kappa shape index (κ3) is 5.77. The molecule has 3 aromatic rings. The lowest BCUT2D eigenvalue weighted by atomic mass is 9.94. The first-order valence-electron chi connectivity index (χ1n) is 11.7. The maximum atomic E-state index is 13.7. The third-order valence-corrected chi connectivity index (χ3v) is 6.74. The molecular formula is C27H30N4O3S. The van der Waals surface area contributed by atoms with Crippen LogP contribution in [0.4, 0.5) is 5.13 Å². The summed E-state index contributed by atoms with van der Waals surface area (Å²) in [5.41, 5.74) is 1.80. The molecule has 7 nitrogen and oxygen atoms in total. The van der Waals surface area contributed by atoms with E-state index in [2.05, 4.69) is 15.6 Å². The van der Waals surface area contributed by atoms with E-state index in [1.165, 1.54) is 11.3 Å². The molecule has 0 unspecified atom stereocenters. The van der Waals surface area contributed by atoms with E-state index in [-0.39, 0.29) is 17.7 Å². The van der Waals surface area contributed by atoms with Crippen LogP contribution in [0.25, 0.3) is 11.3 Å². The number of benzene rings is 2. The zero-order chi connectivity index (χ0) is 25.0. The molecule has 1 aromatic heterocycles. The van der Waals surface area contributed by atoms with Crippen molar-refractivity contribution in [3.63, 3.8) is 0 Å². The van der Waals surface area contributed by atoms with Gasteiger partial charge >= 0.3 is 0 Å². The van der Waals surface area contributed by atoms with E-state index in [9.17, 15) is 14.4 Å². The minimum absolute atomic E-state index is 0.226. The predicted molar refractivity (Wildman–Crippen MR) is 138 cm³/mol. The highest BCUT2D eigenvalue weighted by molar-refractivity contribution is 7.14. The van der Waals surface area contributed by atoms with Gasteiger partial charge in [0.05, 0.1) is 5.69 Å². The number of carbonyl (C=O) groups is 3. The Labute approximate surface area is 209 Å². The highest BCUT2D eigenvalue weighted by Gasteiger charge is 2.39. The molecule has 1 fully saturated rings. The number of anilines is 1. The van der Waals surface area contributed by atoms with E-state index in [1.807, 2.05) is 66.0 Å². The summed E-state index contributed by atoms with van der Waals surface area (Å²) in [6, 6.07) is 17.4. The van der Waals surface area contributed by atoms with E-state index in [0.717, 1.165) is 11.3 Å². The average molecular weight is 491 g/mol. The van der Waals surface area contributed by atoms with Crippen molar-refractivity contribution < 1.29 is 14.4 Å². The normalized spacial score (nSPS) is 16.5. The minimum Gasteiger partial charge on any atom is -0.340 e. The molecule has 4 rings (SSSR count). The number of nitrogens with zero attached hydrogens (tertiary/aromatic N) is 2. The van der Waals surface area contributed by atoms with Crippen LogP contribution in [-0.2, 0) is 14.4 Å². The molecule has 0 radical (unpaired) electrons. The van der Waals surface area contributed by atoms with Gasteiger partial charge in [-0.15, -0.1) is 11.3 Å². The van der Waals surface area contributed by atoms with Crippen LogP contribution in [0.15, 0.2) is 66.0 Å². The molecule has 2 N–H and O–H groups in total. The first-order valence-corrected chi connectivity index (χ1v) is 12.6. The van der Waals surface area contributed by atoms with Gasteiger partial charge in [-0.05, 0) is 18.4 Å². The molecule has 2 aromatic carbocycles. The monoisotopic (exact) mass is 490 g/mol. The highest BCUT2D eigenvalue weighted by Crippen LogP contribution is 2.28. The Kier molecular flexibility index (Phi) is 7.31. The zero-order valence-corrected chi connectivity index (χ0v) is 21.0. The summed E-state index contributed by atoms with van der Waals surface area (Å²) in [5, 5.41) is 8.19. The van der Waals surface area contributed by atoms with Gasteiger partial charge in [0.15, 0.2) is 5.13 Å². The van der Waals surface area contributed by atoms with E-state index in [0.29, 0.717) is 30.1 Å². The van der Waals surface area contributed by atoms with Crippen LogP contribution in [0.1, 0.15) is 45.2 Å². The highest BCUT2D eigenvalue weighted by atomic mass is 32.1. The fourth-order valence-corrected chi connectivity index (χ4v) is 4.73. The van der Waals surface area contributed by atoms with Crippen molar-refractivity contribution in [3.05, 3.63) is 71.6 Å². The molecule has 182 valence electrons. The zero-order valence-electron chi connectivity index (χ0n) is 20.2. The molecule has 2 heterocycles. The lowest BCUT2D eigenvalue weighted by Crippen LogP contribution is -2.50. The van der Waals surface area contributed by atoms with Gasteiger partial charge in [0.25, 0.3) is 0 Å². The smallest absolute Gasteiger partial charge is 0.250 e. The second-order valence-electron chi connectivity index (χ2n) is 9.65. The Morgan fingerprint density at radius 2 is 1.69 bits per heavy atom. The summed E-state index contributed by atoms with van der Waals surface area (Å²) in [5.74, 6) is -0.773. The van der Waals surface area contributed by atoms with Crippen molar-refractivity contribution in [2.45, 2.75) is 45.7 Å². The second kappa shape index (κ2) is 10.4. The Morgan fingerprint density at radius 3 is 2.34 bits per heavy atom. The molecule has 0 spiro atoms. The molecule has 1 aliphatic heterocycles. The minimum atomic E-state index is -0.860. The molecule has 3 amide bonds. The molecule has 35 heavy (non-hydrogen) atoms. The Morgan fingerprint density at radius 1 is 1.03 bits per heavy atom. The van der Waals surface area contributed by atoms with Crippen molar-refractivity contribution in [3.8, 4) is 11.3 Å². The van der Waals surface area contributed by atoms with Gasteiger partial charge in [-0.3, -0.25) is 14.4 Å². The standard InChI is InChI=1S/C27H30N4O3S/c1-27(2,3)25(34)29-22(19-13-8-5-9-14-19)24(33)31-16-10-15-21(31)23(32)30-26-28-20(17-35-26)18-11-6-4-7-12-18/h4-9,11-14,17,21-22H,10,15-16H2,1-3H3,(H,29,34)(H,28,30,32)/t21-,22+/m0/s1. The van der Waals surface area contributed by atoms with Crippen molar-refractivity contribution in [2.75, 3.05) is 11.9 Å². The summed E-state index contributed by atoms with van der Waals surface area (Å²) in [4.78, 5) is 45.8. The molecule has 2 atom stereocenters. The summed E-state index contributed by atoms with van der Waals surface area (Å²) in [6.07, 6.45) is 1.27. The number of nitrogens with one attached hydrogen (secondary N) is 2. The van der Waals surface area contributed by atoms with Gasteiger partial charge in [0.2, 0.25) is 17.7 Å². The number of likely N-dealkylation sites (tertiary alicyclic amines) is 1. The van der Waals surface area contributed by atoms with Crippen LogP contribution in [0, 0.1) is 5.41 Å². The number of hydrogen-bond donors (Lipinski definition) is 2. The van der Waals surface area contributed by atoms with E-state index >= 15 is 0 Å². The topological polar surface area (TPSA) is 91.4 Å². The lowest BCUT2D eigenvalue weighted by Gasteiger charge is -2.30. The second-order valence-corrected chi connectivity index (χ2v) is 10.5. The van der Waals surface area contributed by atoms with Crippen LogP contribution in [0.3, 0.4) is 0 Å². The molecule has 0 aliphatic carbocycles. The largest absolute Gasteiger partial charge is 0.340 e. The molecular weight excluding hydrogens is 460 g/mol. The van der Waals surface area contributed by atoms with Gasteiger partial charge in [-0.25, -0.2) is 4.98 Å². The maximum Gasteiger partial charge on any atom is 0.250 e. The summed E-state index contributed by atoms with van der Waals surface area (Å²) < 4.78 is 0. The lowest BCUT2D eigenvalue weighted by molar-refractivity contribution is -0.141. The Hall–Kier alpha value is -3.52. The summed E-state index contributed by atoms with van der Waals surface area (Å²) >= 11 is 1.35. The van der Waals surface area contributed by atoms with Crippen LogP contribution in [0.2, 0.25) is 0 Å². The van der Waals surface area contributed by atoms with Gasteiger partial charge < -0.3 is 15.5 Å². The van der Waals surface area contributed by atoms with E-state index in [1.54, 1.807) is 25.7 Å². The van der Waals surface area contributed by atoms with Gasteiger partial charge in [0.1, 0.15) is 12.1 Å². The predicted octanol–water partition coefficient (Wildman–Crippen LogP) is 4.64. The SMILES string of the molecule is CC(C)(C)C(=O)N[C@@H](C(=O)N1CCC[C@H]1C(=O)Nc1nc(-c2ccccc2)cs1)c1ccccc1. The van der Waals surface area contributed by atoms with Crippen molar-refractivity contribution >= 4 is 34.2 Å². The molecule has 0 saturated carbocycles. The van der Waals surface area contributed by atoms with Gasteiger partial charge in [-0.1, -0.05) is 81.4 Å².